The molecule has 1 N–H and O–H groups in total. The Morgan fingerprint density at radius 1 is 1.00 bits per heavy atom. The van der Waals surface area contributed by atoms with E-state index in [-0.39, 0.29) is 5.91 Å². The predicted molar refractivity (Wildman–Crippen MR) is 82.3 cm³/mol. The van der Waals surface area contributed by atoms with E-state index in [1.165, 1.54) is 16.7 Å². The summed E-state index contributed by atoms with van der Waals surface area (Å²) in [4.78, 5) is 11.5. The number of hydrogen-bond acceptors (Lipinski definition) is 1. The second kappa shape index (κ2) is 5.68. The summed E-state index contributed by atoms with van der Waals surface area (Å²) in [7, 11) is 0. The standard InChI is InChI=1S/C17H16ClNO/c18-15-9-10-16-14(8-11-17(20)19-16)13(15)7-6-12-4-2-1-3-5-12/h1-5,9-10H,6-8,11H2,(H,19,20). The van der Waals surface area contributed by atoms with Gasteiger partial charge in [-0.15, -0.1) is 0 Å². The fourth-order valence-electron chi connectivity index (χ4n) is 2.70. The van der Waals surface area contributed by atoms with Crippen LogP contribution in [-0.2, 0) is 24.1 Å². The van der Waals surface area contributed by atoms with Crippen LogP contribution in [0.2, 0.25) is 5.02 Å². The SMILES string of the molecule is O=C1CCc2c(ccc(Cl)c2CCc2ccccc2)N1. The van der Waals surface area contributed by atoms with Crippen molar-refractivity contribution in [2.45, 2.75) is 25.7 Å². The lowest BCUT2D eigenvalue weighted by molar-refractivity contribution is -0.116. The van der Waals surface area contributed by atoms with Gasteiger partial charge in [-0.05, 0) is 48.1 Å². The molecule has 0 spiro atoms. The Balaban J connectivity index is 1.86. The Morgan fingerprint density at radius 2 is 1.80 bits per heavy atom. The van der Waals surface area contributed by atoms with Gasteiger partial charge in [0, 0.05) is 17.1 Å². The maximum absolute atomic E-state index is 11.5. The van der Waals surface area contributed by atoms with E-state index < -0.39 is 0 Å². The molecule has 0 saturated carbocycles. The smallest absolute Gasteiger partial charge is 0.224 e. The lowest BCUT2D eigenvalue weighted by atomic mass is 9.93. The molecule has 2 aromatic rings. The molecule has 102 valence electrons. The summed E-state index contributed by atoms with van der Waals surface area (Å²) < 4.78 is 0. The molecule has 0 bridgehead atoms. The summed E-state index contributed by atoms with van der Waals surface area (Å²) in [6.07, 6.45) is 3.20. The van der Waals surface area contributed by atoms with Crippen molar-refractivity contribution in [1.29, 1.82) is 0 Å². The number of amides is 1. The van der Waals surface area contributed by atoms with Crippen LogP contribution < -0.4 is 5.32 Å². The van der Waals surface area contributed by atoms with Gasteiger partial charge in [-0.2, -0.15) is 0 Å². The minimum Gasteiger partial charge on any atom is -0.326 e. The molecular weight excluding hydrogens is 270 g/mol. The highest BCUT2D eigenvalue weighted by Gasteiger charge is 2.19. The first kappa shape index (κ1) is 13.2. The first-order valence-corrected chi connectivity index (χ1v) is 7.26. The van der Waals surface area contributed by atoms with E-state index in [0.29, 0.717) is 6.42 Å². The number of carbonyl (C=O) groups excluding carboxylic acids is 1. The number of nitrogens with one attached hydrogen (secondary N) is 1. The monoisotopic (exact) mass is 285 g/mol. The fraction of sp³-hybridized carbons (Fsp3) is 0.235. The van der Waals surface area contributed by atoms with Crippen molar-refractivity contribution >= 4 is 23.2 Å². The first-order valence-electron chi connectivity index (χ1n) is 6.88. The van der Waals surface area contributed by atoms with Crippen molar-refractivity contribution in [1.82, 2.24) is 0 Å². The van der Waals surface area contributed by atoms with E-state index in [4.69, 9.17) is 11.6 Å². The molecule has 0 saturated heterocycles. The van der Waals surface area contributed by atoms with Gasteiger partial charge < -0.3 is 5.32 Å². The number of rotatable bonds is 3. The van der Waals surface area contributed by atoms with Crippen LogP contribution in [0.4, 0.5) is 5.69 Å². The van der Waals surface area contributed by atoms with E-state index in [1.807, 2.05) is 18.2 Å². The molecule has 1 amide bonds. The maximum Gasteiger partial charge on any atom is 0.224 e. The zero-order valence-electron chi connectivity index (χ0n) is 11.2. The molecule has 2 nitrogen and oxygen atoms in total. The minimum absolute atomic E-state index is 0.0915. The summed E-state index contributed by atoms with van der Waals surface area (Å²) in [6.45, 7) is 0. The van der Waals surface area contributed by atoms with Gasteiger partial charge in [0.25, 0.3) is 0 Å². The zero-order chi connectivity index (χ0) is 13.9. The molecule has 0 fully saturated rings. The van der Waals surface area contributed by atoms with Crippen LogP contribution in [0.1, 0.15) is 23.1 Å². The molecule has 0 aromatic heterocycles. The molecule has 0 unspecified atom stereocenters. The van der Waals surface area contributed by atoms with E-state index in [9.17, 15) is 4.79 Å². The number of carbonyl (C=O) groups is 1. The molecule has 0 atom stereocenters. The van der Waals surface area contributed by atoms with Crippen molar-refractivity contribution in [2.75, 3.05) is 5.32 Å². The second-order valence-corrected chi connectivity index (χ2v) is 5.49. The average Bonchev–Trinajstić information content (AvgIpc) is 2.47. The van der Waals surface area contributed by atoms with Gasteiger partial charge in [0.2, 0.25) is 5.91 Å². The Hall–Kier alpha value is -1.80. The fourth-order valence-corrected chi connectivity index (χ4v) is 2.97. The molecule has 1 heterocycles. The summed E-state index contributed by atoms with van der Waals surface area (Å²) in [5, 5.41) is 3.73. The second-order valence-electron chi connectivity index (χ2n) is 5.09. The van der Waals surface area contributed by atoms with Crippen LogP contribution in [0, 0.1) is 0 Å². The number of halogens is 1. The lowest BCUT2D eigenvalue weighted by Gasteiger charge is -2.21. The van der Waals surface area contributed by atoms with Crippen LogP contribution in [0.25, 0.3) is 0 Å². The highest BCUT2D eigenvalue weighted by molar-refractivity contribution is 6.31. The topological polar surface area (TPSA) is 29.1 Å². The number of anilines is 1. The van der Waals surface area contributed by atoms with E-state index in [1.54, 1.807) is 0 Å². The summed E-state index contributed by atoms with van der Waals surface area (Å²) >= 11 is 6.35. The van der Waals surface area contributed by atoms with Gasteiger partial charge in [-0.1, -0.05) is 41.9 Å². The third-order valence-electron chi connectivity index (χ3n) is 3.76. The maximum atomic E-state index is 11.5. The zero-order valence-corrected chi connectivity index (χ0v) is 11.9. The van der Waals surface area contributed by atoms with Crippen molar-refractivity contribution in [3.8, 4) is 0 Å². The van der Waals surface area contributed by atoms with Crippen LogP contribution in [0.15, 0.2) is 42.5 Å². The third-order valence-corrected chi connectivity index (χ3v) is 4.11. The third kappa shape index (κ3) is 2.70. The van der Waals surface area contributed by atoms with E-state index in [0.717, 1.165) is 30.0 Å². The van der Waals surface area contributed by atoms with Crippen LogP contribution in [0.5, 0.6) is 0 Å². The van der Waals surface area contributed by atoms with Crippen molar-refractivity contribution in [3.05, 3.63) is 64.2 Å². The van der Waals surface area contributed by atoms with E-state index in [2.05, 4.69) is 29.6 Å². The Morgan fingerprint density at radius 3 is 2.60 bits per heavy atom. The normalized spacial score (nSPS) is 13.8. The number of fused-ring (bicyclic) bond motifs is 1. The van der Waals surface area contributed by atoms with Crippen molar-refractivity contribution in [2.24, 2.45) is 0 Å². The molecule has 1 aliphatic heterocycles. The van der Waals surface area contributed by atoms with Gasteiger partial charge in [0.15, 0.2) is 0 Å². The molecule has 0 aliphatic carbocycles. The minimum atomic E-state index is 0.0915. The van der Waals surface area contributed by atoms with Crippen LogP contribution in [-0.4, -0.2) is 5.91 Å². The molecule has 1 aliphatic rings. The van der Waals surface area contributed by atoms with Crippen LogP contribution in [0.3, 0.4) is 0 Å². The quantitative estimate of drug-likeness (QED) is 0.907. The highest BCUT2D eigenvalue weighted by Crippen LogP contribution is 2.32. The van der Waals surface area contributed by atoms with Crippen LogP contribution >= 0.6 is 11.6 Å². The molecule has 3 rings (SSSR count). The Bertz CT molecular complexity index is 637. The van der Waals surface area contributed by atoms with Gasteiger partial charge >= 0.3 is 0 Å². The van der Waals surface area contributed by atoms with E-state index >= 15 is 0 Å². The van der Waals surface area contributed by atoms with Crippen molar-refractivity contribution < 1.29 is 4.79 Å². The lowest BCUT2D eigenvalue weighted by Crippen LogP contribution is -2.20. The Labute approximate surface area is 123 Å². The molecular formula is C17H16ClNO. The number of hydrogen-bond donors (Lipinski definition) is 1. The number of aryl methyl sites for hydroxylation is 1. The molecule has 3 heteroatoms. The average molecular weight is 286 g/mol. The Kier molecular flexibility index (Phi) is 3.75. The summed E-state index contributed by atoms with van der Waals surface area (Å²) in [6, 6.07) is 14.2. The van der Waals surface area contributed by atoms with Crippen molar-refractivity contribution in [3.63, 3.8) is 0 Å². The summed E-state index contributed by atoms with van der Waals surface area (Å²) in [5.41, 5.74) is 4.61. The molecule has 20 heavy (non-hydrogen) atoms. The van der Waals surface area contributed by atoms with Gasteiger partial charge in [0.1, 0.15) is 0 Å². The first-order chi connectivity index (χ1) is 9.74. The molecule has 2 aromatic carbocycles. The van der Waals surface area contributed by atoms with Gasteiger partial charge in [0.05, 0.1) is 0 Å². The highest BCUT2D eigenvalue weighted by atomic mass is 35.5. The predicted octanol–water partition coefficient (Wildman–Crippen LogP) is 4.01. The largest absolute Gasteiger partial charge is 0.326 e. The molecule has 0 radical (unpaired) electrons. The van der Waals surface area contributed by atoms with Gasteiger partial charge in [-0.3, -0.25) is 4.79 Å². The summed E-state index contributed by atoms with van der Waals surface area (Å²) in [5.74, 6) is 0.0915. The number of benzene rings is 2. The van der Waals surface area contributed by atoms with Gasteiger partial charge in [-0.25, -0.2) is 0 Å².